The first-order valence-corrected chi connectivity index (χ1v) is 6.00. The number of nitrogens with two attached hydrogens (primary N) is 1. The first-order valence-electron chi connectivity index (χ1n) is 5.59. The minimum absolute atomic E-state index is 0.118. The lowest BCUT2D eigenvalue weighted by Crippen LogP contribution is -2.25. The van der Waals surface area contributed by atoms with Gasteiger partial charge in [0.25, 0.3) is 0 Å². The topological polar surface area (TPSA) is 59.6 Å². The van der Waals surface area contributed by atoms with E-state index in [1.807, 2.05) is 6.92 Å². The molecule has 0 aliphatic rings. The summed E-state index contributed by atoms with van der Waals surface area (Å²) in [6.07, 6.45) is 1.45. The molecule has 0 aliphatic heterocycles. The Morgan fingerprint density at radius 1 is 1.42 bits per heavy atom. The zero-order valence-corrected chi connectivity index (χ0v) is 11.2. The van der Waals surface area contributed by atoms with Gasteiger partial charge in [-0.15, -0.1) is 0 Å². The smallest absolute Gasteiger partial charge is 0.387 e. The number of benzene rings is 1. The minimum Gasteiger partial charge on any atom is -0.435 e. The van der Waals surface area contributed by atoms with Crippen molar-refractivity contribution in [3.8, 4) is 5.75 Å². The van der Waals surface area contributed by atoms with E-state index in [4.69, 9.17) is 5.73 Å². The van der Waals surface area contributed by atoms with Crippen LogP contribution < -0.4 is 15.9 Å². The van der Waals surface area contributed by atoms with Crippen LogP contribution in [-0.4, -0.2) is 17.4 Å². The van der Waals surface area contributed by atoms with Crippen LogP contribution in [0.5, 0.6) is 5.75 Å². The average Bonchev–Trinajstić information content (AvgIpc) is 2.35. The molecule has 4 nitrogen and oxygen atoms in total. The number of alkyl halides is 2. The monoisotopic (exact) mass is 287 g/mol. The van der Waals surface area contributed by atoms with Crippen LogP contribution in [-0.2, 0) is 6.42 Å². The number of hydrogen-bond donors (Lipinski definition) is 2. The van der Waals surface area contributed by atoms with Crippen LogP contribution in [0.2, 0.25) is 0 Å². The number of ether oxygens (including phenoxy) is 1. The molecule has 7 heteroatoms. The normalized spacial score (nSPS) is 11.5. The van der Waals surface area contributed by atoms with Crippen molar-refractivity contribution in [3.63, 3.8) is 0 Å². The Balaban J connectivity index is 2.45. The predicted octanol–water partition coefficient (Wildman–Crippen LogP) is 2.43. The van der Waals surface area contributed by atoms with Crippen molar-refractivity contribution in [3.05, 3.63) is 29.8 Å². The molecule has 0 aromatic heterocycles. The fourth-order valence-electron chi connectivity index (χ4n) is 1.37. The molecule has 0 unspecified atom stereocenters. The van der Waals surface area contributed by atoms with Crippen LogP contribution in [0, 0.1) is 0 Å². The fraction of sp³-hybridized carbons (Fsp3) is 0.333. The van der Waals surface area contributed by atoms with Crippen molar-refractivity contribution < 1.29 is 13.5 Å². The van der Waals surface area contributed by atoms with Crippen LogP contribution in [0.1, 0.15) is 18.9 Å². The molecule has 0 atom stereocenters. The molecule has 1 aromatic rings. The van der Waals surface area contributed by atoms with Gasteiger partial charge in [-0.2, -0.15) is 13.9 Å². The standard InChI is InChI=1S/C12H15F2N3OS/c1-8(16-17-12(15)19)2-3-9-4-6-10(7-5-9)18-11(13)14/h4-7,11H,2-3H2,1H3,(H3,15,17,19). The van der Waals surface area contributed by atoms with Crippen molar-refractivity contribution >= 4 is 23.0 Å². The largest absolute Gasteiger partial charge is 0.435 e. The molecule has 19 heavy (non-hydrogen) atoms. The third kappa shape index (κ3) is 6.66. The van der Waals surface area contributed by atoms with E-state index < -0.39 is 6.61 Å². The average molecular weight is 287 g/mol. The first-order chi connectivity index (χ1) is 8.97. The maximum Gasteiger partial charge on any atom is 0.387 e. The molecule has 0 saturated heterocycles. The highest BCUT2D eigenvalue weighted by Crippen LogP contribution is 2.15. The molecule has 0 aliphatic carbocycles. The van der Waals surface area contributed by atoms with Crippen LogP contribution in [0.15, 0.2) is 29.4 Å². The number of aryl methyl sites for hydroxylation is 1. The van der Waals surface area contributed by atoms with E-state index in [2.05, 4.69) is 27.5 Å². The molecule has 104 valence electrons. The van der Waals surface area contributed by atoms with E-state index in [1.165, 1.54) is 12.1 Å². The van der Waals surface area contributed by atoms with Crippen molar-refractivity contribution in [2.45, 2.75) is 26.4 Å². The van der Waals surface area contributed by atoms with Gasteiger partial charge < -0.3 is 10.5 Å². The second-order valence-electron chi connectivity index (χ2n) is 3.85. The lowest BCUT2D eigenvalue weighted by molar-refractivity contribution is -0.0498. The molecular weight excluding hydrogens is 272 g/mol. The summed E-state index contributed by atoms with van der Waals surface area (Å²) < 4.78 is 28.2. The number of rotatable bonds is 6. The Labute approximate surface area is 115 Å². The van der Waals surface area contributed by atoms with Gasteiger partial charge in [-0.1, -0.05) is 12.1 Å². The molecule has 0 saturated carbocycles. The molecular formula is C12H15F2N3OS. The van der Waals surface area contributed by atoms with Crippen LogP contribution in [0.25, 0.3) is 0 Å². The Hall–Kier alpha value is -1.76. The molecule has 1 rings (SSSR count). The molecule has 0 amide bonds. The maximum absolute atomic E-state index is 12.0. The van der Waals surface area contributed by atoms with Gasteiger partial charge >= 0.3 is 6.61 Å². The SMILES string of the molecule is CC(CCc1ccc(OC(F)F)cc1)=NNC(N)=S. The van der Waals surface area contributed by atoms with Crippen molar-refractivity contribution in [1.29, 1.82) is 0 Å². The van der Waals surface area contributed by atoms with E-state index in [0.717, 1.165) is 17.7 Å². The zero-order chi connectivity index (χ0) is 14.3. The summed E-state index contributed by atoms with van der Waals surface area (Å²) in [6, 6.07) is 6.51. The number of nitrogens with one attached hydrogen (secondary N) is 1. The number of hydrazone groups is 1. The van der Waals surface area contributed by atoms with Gasteiger partial charge in [0.05, 0.1) is 0 Å². The molecule has 0 radical (unpaired) electrons. The highest BCUT2D eigenvalue weighted by Gasteiger charge is 2.03. The van der Waals surface area contributed by atoms with Crippen LogP contribution in [0.4, 0.5) is 8.78 Å². The van der Waals surface area contributed by atoms with Gasteiger partial charge in [-0.05, 0) is 49.7 Å². The summed E-state index contributed by atoms with van der Waals surface area (Å²) in [5.74, 6) is 0.152. The van der Waals surface area contributed by atoms with Gasteiger partial charge in [0, 0.05) is 5.71 Å². The minimum atomic E-state index is -2.80. The van der Waals surface area contributed by atoms with E-state index in [0.29, 0.717) is 6.42 Å². The van der Waals surface area contributed by atoms with Crippen molar-refractivity contribution in [1.82, 2.24) is 5.43 Å². The molecule has 0 spiro atoms. The highest BCUT2D eigenvalue weighted by molar-refractivity contribution is 7.80. The number of hydrogen-bond acceptors (Lipinski definition) is 3. The number of thiocarbonyl (C=S) groups is 1. The fourth-order valence-corrected chi connectivity index (χ4v) is 1.41. The van der Waals surface area contributed by atoms with Crippen LogP contribution >= 0.6 is 12.2 Å². The van der Waals surface area contributed by atoms with Crippen LogP contribution in [0.3, 0.4) is 0 Å². The summed E-state index contributed by atoms with van der Waals surface area (Å²) >= 11 is 4.62. The number of nitrogens with zero attached hydrogens (tertiary/aromatic N) is 1. The van der Waals surface area contributed by atoms with E-state index in [1.54, 1.807) is 12.1 Å². The summed E-state index contributed by atoms with van der Waals surface area (Å²) in [5.41, 5.74) is 9.60. The quantitative estimate of drug-likeness (QED) is 0.479. The summed E-state index contributed by atoms with van der Waals surface area (Å²) in [5, 5.41) is 4.09. The number of halogens is 2. The second-order valence-corrected chi connectivity index (χ2v) is 4.29. The molecule has 0 fully saturated rings. The molecule has 3 N–H and O–H groups in total. The third-order valence-electron chi connectivity index (χ3n) is 2.28. The van der Waals surface area contributed by atoms with E-state index >= 15 is 0 Å². The first kappa shape index (κ1) is 15.3. The second kappa shape index (κ2) is 7.63. The van der Waals surface area contributed by atoms with Gasteiger partial charge in [-0.3, -0.25) is 5.43 Å². The Kier molecular flexibility index (Phi) is 6.14. The Morgan fingerprint density at radius 2 is 2.05 bits per heavy atom. The van der Waals surface area contributed by atoms with E-state index in [9.17, 15) is 8.78 Å². The van der Waals surface area contributed by atoms with Gasteiger partial charge in [0.15, 0.2) is 5.11 Å². The predicted molar refractivity (Wildman–Crippen MR) is 74.4 cm³/mol. The van der Waals surface area contributed by atoms with E-state index in [-0.39, 0.29) is 10.9 Å². The Bertz CT molecular complexity index is 449. The van der Waals surface area contributed by atoms with Gasteiger partial charge in [0.2, 0.25) is 0 Å². The molecule has 0 bridgehead atoms. The third-order valence-corrected chi connectivity index (χ3v) is 2.37. The molecule has 1 aromatic carbocycles. The lowest BCUT2D eigenvalue weighted by Gasteiger charge is -2.06. The maximum atomic E-state index is 12.0. The summed E-state index contributed by atoms with van der Waals surface area (Å²) in [6.45, 7) is -0.953. The lowest BCUT2D eigenvalue weighted by atomic mass is 10.1. The van der Waals surface area contributed by atoms with Crippen molar-refractivity contribution in [2.24, 2.45) is 10.8 Å². The van der Waals surface area contributed by atoms with Gasteiger partial charge in [0.1, 0.15) is 5.75 Å². The summed E-state index contributed by atoms with van der Waals surface area (Å²) in [4.78, 5) is 0. The zero-order valence-electron chi connectivity index (χ0n) is 10.4. The van der Waals surface area contributed by atoms with Gasteiger partial charge in [-0.25, -0.2) is 0 Å². The van der Waals surface area contributed by atoms with Crippen molar-refractivity contribution in [2.75, 3.05) is 0 Å². The summed E-state index contributed by atoms with van der Waals surface area (Å²) in [7, 11) is 0. The molecule has 0 heterocycles. The Morgan fingerprint density at radius 3 is 2.58 bits per heavy atom. The highest BCUT2D eigenvalue weighted by atomic mass is 32.1.